The molecular formula is C14H17ClN2O. The quantitative estimate of drug-likeness (QED) is 0.863. The van der Waals surface area contributed by atoms with Crippen LogP contribution in [0.5, 0.6) is 0 Å². The highest BCUT2D eigenvalue weighted by Crippen LogP contribution is 2.57. The van der Waals surface area contributed by atoms with Gasteiger partial charge in [0.15, 0.2) is 0 Å². The number of anilines is 1. The maximum absolute atomic E-state index is 11.4. The van der Waals surface area contributed by atoms with Gasteiger partial charge in [-0.3, -0.25) is 4.79 Å². The van der Waals surface area contributed by atoms with Crippen LogP contribution in [-0.2, 0) is 11.2 Å². The van der Waals surface area contributed by atoms with Gasteiger partial charge in [0, 0.05) is 16.8 Å². The van der Waals surface area contributed by atoms with E-state index < -0.39 is 0 Å². The highest BCUT2D eigenvalue weighted by Gasteiger charge is 2.49. The molecule has 1 fully saturated rings. The van der Waals surface area contributed by atoms with E-state index in [0.717, 1.165) is 23.2 Å². The Morgan fingerprint density at radius 2 is 2.17 bits per heavy atom. The molecule has 3 N–H and O–H groups in total. The number of nitrogens with two attached hydrogens (primary N) is 1. The Bertz CT molecular complexity index is 539. The van der Waals surface area contributed by atoms with Crippen LogP contribution in [0.4, 0.5) is 5.69 Å². The molecule has 1 aromatic rings. The molecule has 0 saturated heterocycles. The van der Waals surface area contributed by atoms with Gasteiger partial charge in [-0.05, 0) is 34.9 Å². The minimum atomic E-state index is -0.0338. The summed E-state index contributed by atoms with van der Waals surface area (Å²) in [4.78, 5) is 11.4. The van der Waals surface area contributed by atoms with E-state index >= 15 is 0 Å². The fourth-order valence-electron chi connectivity index (χ4n) is 2.86. The van der Waals surface area contributed by atoms with Crippen LogP contribution in [0.3, 0.4) is 0 Å². The molecule has 1 aliphatic carbocycles. The lowest BCUT2D eigenvalue weighted by molar-refractivity contribution is -0.115. The topological polar surface area (TPSA) is 55.1 Å². The molecule has 2 aliphatic rings. The lowest BCUT2D eigenvalue weighted by atomic mass is 9.95. The Kier molecular flexibility index (Phi) is 2.48. The summed E-state index contributed by atoms with van der Waals surface area (Å²) in [5.74, 6) is 0.511. The van der Waals surface area contributed by atoms with Crippen molar-refractivity contribution in [3.63, 3.8) is 0 Å². The van der Waals surface area contributed by atoms with Gasteiger partial charge in [0.25, 0.3) is 0 Å². The number of fused-ring (bicyclic) bond motifs is 1. The maximum atomic E-state index is 11.4. The Hall–Kier alpha value is -1.06. The standard InChI is InChI=1S/C14H17ClN2O/c1-14(2)6-9(14)13(16)8-3-7-4-12(18)17-11(7)5-10(8)15/h3,5,9,13H,4,6,16H2,1-2H3,(H,17,18). The van der Waals surface area contributed by atoms with Crippen LogP contribution in [0.1, 0.15) is 37.4 Å². The molecular weight excluding hydrogens is 248 g/mol. The number of nitrogens with one attached hydrogen (secondary N) is 1. The second kappa shape index (κ2) is 3.72. The molecule has 1 saturated carbocycles. The molecule has 0 aromatic heterocycles. The molecule has 0 bridgehead atoms. The van der Waals surface area contributed by atoms with Crippen LogP contribution >= 0.6 is 11.6 Å². The number of rotatable bonds is 2. The van der Waals surface area contributed by atoms with Gasteiger partial charge in [0.2, 0.25) is 5.91 Å². The minimum Gasteiger partial charge on any atom is -0.325 e. The largest absolute Gasteiger partial charge is 0.325 e. The molecule has 1 aromatic carbocycles. The SMILES string of the molecule is CC1(C)CC1C(N)c1cc2c(cc1Cl)NC(=O)C2. The zero-order valence-corrected chi connectivity index (χ0v) is 11.3. The van der Waals surface area contributed by atoms with E-state index in [-0.39, 0.29) is 11.9 Å². The third kappa shape index (κ3) is 1.82. The normalized spacial score (nSPS) is 25.6. The molecule has 3 nitrogen and oxygen atoms in total. The second-order valence-corrected chi connectivity index (χ2v) is 6.49. The van der Waals surface area contributed by atoms with Gasteiger partial charge in [-0.15, -0.1) is 0 Å². The maximum Gasteiger partial charge on any atom is 0.228 e. The molecule has 1 heterocycles. The van der Waals surface area contributed by atoms with Crippen LogP contribution in [0.2, 0.25) is 5.02 Å². The number of benzene rings is 1. The van der Waals surface area contributed by atoms with E-state index in [9.17, 15) is 4.79 Å². The number of amides is 1. The zero-order valence-electron chi connectivity index (χ0n) is 10.6. The third-order valence-electron chi connectivity index (χ3n) is 4.23. The van der Waals surface area contributed by atoms with Crippen LogP contribution in [-0.4, -0.2) is 5.91 Å². The van der Waals surface area contributed by atoms with Crippen molar-refractivity contribution in [2.24, 2.45) is 17.1 Å². The van der Waals surface area contributed by atoms with Gasteiger partial charge in [0.1, 0.15) is 0 Å². The molecule has 3 rings (SSSR count). The fourth-order valence-corrected chi connectivity index (χ4v) is 3.15. The predicted octanol–water partition coefficient (Wildman–Crippen LogP) is 2.88. The summed E-state index contributed by atoms with van der Waals surface area (Å²) in [6, 6.07) is 3.79. The molecule has 2 unspecified atom stereocenters. The van der Waals surface area contributed by atoms with Gasteiger partial charge in [-0.1, -0.05) is 31.5 Å². The number of carbonyl (C=O) groups is 1. The number of carbonyl (C=O) groups excluding carboxylic acids is 1. The monoisotopic (exact) mass is 264 g/mol. The van der Waals surface area contributed by atoms with Crippen LogP contribution in [0.15, 0.2) is 12.1 Å². The van der Waals surface area contributed by atoms with Crippen molar-refractivity contribution in [3.05, 3.63) is 28.3 Å². The average Bonchev–Trinajstić information content (AvgIpc) is 2.75. The third-order valence-corrected chi connectivity index (χ3v) is 4.56. The Labute approximate surface area is 112 Å². The van der Waals surface area contributed by atoms with Crippen molar-refractivity contribution >= 4 is 23.2 Å². The minimum absolute atomic E-state index is 0.0264. The van der Waals surface area contributed by atoms with E-state index in [1.807, 2.05) is 12.1 Å². The van der Waals surface area contributed by atoms with Crippen molar-refractivity contribution in [2.75, 3.05) is 5.32 Å². The summed E-state index contributed by atoms with van der Waals surface area (Å²) in [5, 5.41) is 3.46. The van der Waals surface area contributed by atoms with E-state index in [0.29, 0.717) is 22.8 Å². The lowest BCUT2D eigenvalue weighted by Crippen LogP contribution is -2.16. The molecule has 2 atom stereocenters. The first-order valence-corrected chi connectivity index (χ1v) is 6.64. The molecule has 0 spiro atoms. The van der Waals surface area contributed by atoms with Crippen molar-refractivity contribution in [3.8, 4) is 0 Å². The van der Waals surface area contributed by atoms with Crippen LogP contribution in [0.25, 0.3) is 0 Å². The number of hydrogen-bond acceptors (Lipinski definition) is 2. The van der Waals surface area contributed by atoms with Crippen molar-refractivity contribution in [2.45, 2.75) is 32.7 Å². The number of halogens is 1. The molecule has 96 valence electrons. The summed E-state index contributed by atoms with van der Waals surface area (Å²) < 4.78 is 0. The highest BCUT2D eigenvalue weighted by molar-refractivity contribution is 6.32. The van der Waals surface area contributed by atoms with Crippen LogP contribution in [0, 0.1) is 11.3 Å². The summed E-state index contributed by atoms with van der Waals surface area (Å²) in [5.41, 5.74) is 9.44. The second-order valence-electron chi connectivity index (χ2n) is 6.08. The molecule has 1 amide bonds. The number of hydrogen-bond donors (Lipinski definition) is 2. The smallest absolute Gasteiger partial charge is 0.228 e. The molecule has 18 heavy (non-hydrogen) atoms. The summed E-state index contributed by atoms with van der Waals surface area (Å²) >= 11 is 6.28. The Morgan fingerprint density at radius 3 is 2.78 bits per heavy atom. The van der Waals surface area contributed by atoms with Crippen LogP contribution < -0.4 is 11.1 Å². The van der Waals surface area contributed by atoms with Crippen molar-refractivity contribution < 1.29 is 4.79 Å². The first kappa shape index (κ1) is 12.0. The Morgan fingerprint density at radius 1 is 1.50 bits per heavy atom. The van der Waals surface area contributed by atoms with Gasteiger partial charge < -0.3 is 11.1 Å². The van der Waals surface area contributed by atoms with Gasteiger partial charge in [-0.2, -0.15) is 0 Å². The predicted molar refractivity (Wildman–Crippen MR) is 72.6 cm³/mol. The van der Waals surface area contributed by atoms with E-state index in [1.54, 1.807) is 0 Å². The summed E-state index contributed by atoms with van der Waals surface area (Å²) in [7, 11) is 0. The fraction of sp³-hybridized carbons (Fsp3) is 0.500. The van der Waals surface area contributed by atoms with E-state index in [4.69, 9.17) is 17.3 Å². The molecule has 0 radical (unpaired) electrons. The highest BCUT2D eigenvalue weighted by atomic mass is 35.5. The average molecular weight is 265 g/mol. The summed E-state index contributed by atoms with van der Waals surface area (Å²) in [6.07, 6.45) is 1.57. The van der Waals surface area contributed by atoms with Gasteiger partial charge in [-0.25, -0.2) is 0 Å². The first-order chi connectivity index (χ1) is 8.38. The first-order valence-electron chi connectivity index (χ1n) is 6.26. The van der Waals surface area contributed by atoms with E-state index in [1.165, 1.54) is 0 Å². The van der Waals surface area contributed by atoms with Crippen molar-refractivity contribution in [1.82, 2.24) is 0 Å². The summed E-state index contributed by atoms with van der Waals surface area (Å²) in [6.45, 7) is 4.45. The molecule has 4 heteroatoms. The zero-order chi connectivity index (χ0) is 13.1. The molecule has 1 aliphatic heterocycles. The van der Waals surface area contributed by atoms with Gasteiger partial charge >= 0.3 is 0 Å². The lowest BCUT2D eigenvalue weighted by Gasteiger charge is -2.16. The van der Waals surface area contributed by atoms with Gasteiger partial charge in [0.05, 0.1) is 6.42 Å². The van der Waals surface area contributed by atoms with Crippen molar-refractivity contribution in [1.29, 1.82) is 0 Å². The van der Waals surface area contributed by atoms with E-state index in [2.05, 4.69) is 19.2 Å². The Balaban J connectivity index is 1.94.